The van der Waals surface area contributed by atoms with E-state index in [0.717, 1.165) is 6.42 Å². The fraction of sp³-hybridized carbons (Fsp3) is 0.579. The minimum Gasteiger partial charge on any atom is -0.367 e. The molecule has 0 aliphatic carbocycles. The van der Waals surface area contributed by atoms with E-state index in [-0.39, 0.29) is 18.7 Å². The van der Waals surface area contributed by atoms with E-state index in [1.807, 2.05) is 25.1 Å². The van der Waals surface area contributed by atoms with E-state index in [1.165, 1.54) is 5.56 Å². The molecule has 1 heterocycles. The molecule has 2 rings (SSSR count). The zero-order valence-electron chi connectivity index (χ0n) is 15.3. The molecule has 0 saturated carbocycles. The molecule has 138 valence electrons. The Bertz CT molecular complexity index is 577. The molecule has 3 atom stereocenters. The van der Waals surface area contributed by atoms with Crippen LogP contribution in [0.3, 0.4) is 0 Å². The lowest BCUT2D eigenvalue weighted by Gasteiger charge is -2.35. The van der Waals surface area contributed by atoms with E-state index in [4.69, 9.17) is 10.5 Å². The molecule has 3 N–H and O–H groups in total. The van der Waals surface area contributed by atoms with E-state index in [2.05, 4.69) is 31.3 Å². The topological polar surface area (TPSA) is 84.7 Å². The van der Waals surface area contributed by atoms with Gasteiger partial charge in [0.1, 0.15) is 0 Å². The van der Waals surface area contributed by atoms with E-state index >= 15 is 0 Å². The Balaban J connectivity index is 1.91. The Kier molecular flexibility index (Phi) is 6.82. The molecule has 1 saturated heterocycles. The maximum Gasteiger partial charge on any atom is 0.317 e. The number of nitrogens with zero attached hydrogens (tertiary/aromatic N) is 1. The van der Waals surface area contributed by atoms with Gasteiger partial charge in [-0.15, -0.1) is 0 Å². The maximum absolute atomic E-state index is 12.5. The van der Waals surface area contributed by atoms with E-state index in [9.17, 15) is 9.59 Å². The number of primary amides is 1. The van der Waals surface area contributed by atoms with Crippen LogP contribution in [0.4, 0.5) is 4.79 Å². The van der Waals surface area contributed by atoms with Crippen molar-refractivity contribution in [3.63, 3.8) is 0 Å². The normalized spacial score (nSPS) is 21.8. The summed E-state index contributed by atoms with van der Waals surface area (Å²) in [4.78, 5) is 25.5. The predicted molar refractivity (Wildman–Crippen MR) is 97.0 cm³/mol. The Morgan fingerprint density at radius 3 is 2.56 bits per heavy atom. The molecule has 6 heteroatoms. The number of hydrogen-bond acceptors (Lipinski definition) is 3. The number of ether oxygens (including phenoxy) is 1. The molecule has 1 aromatic carbocycles. The molecule has 0 unspecified atom stereocenters. The Labute approximate surface area is 149 Å². The maximum atomic E-state index is 12.5. The van der Waals surface area contributed by atoms with E-state index < -0.39 is 12.0 Å². The highest BCUT2D eigenvalue weighted by molar-refractivity contribution is 5.81. The Morgan fingerprint density at radius 1 is 1.28 bits per heavy atom. The van der Waals surface area contributed by atoms with Crippen molar-refractivity contribution in [1.82, 2.24) is 10.2 Å². The molecule has 1 aromatic rings. The number of nitrogens with one attached hydrogen (secondary N) is 1. The van der Waals surface area contributed by atoms with Crippen LogP contribution in [0.2, 0.25) is 0 Å². The van der Waals surface area contributed by atoms with Crippen molar-refractivity contribution < 1.29 is 14.3 Å². The van der Waals surface area contributed by atoms with Gasteiger partial charge in [-0.1, -0.05) is 44.2 Å². The van der Waals surface area contributed by atoms with E-state index in [0.29, 0.717) is 24.9 Å². The van der Waals surface area contributed by atoms with Gasteiger partial charge in [0, 0.05) is 13.1 Å². The third-order valence-electron chi connectivity index (χ3n) is 4.66. The highest BCUT2D eigenvalue weighted by atomic mass is 16.5. The number of urea groups is 1. The zero-order valence-corrected chi connectivity index (χ0v) is 15.3. The molecule has 0 aromatic heterocycles. The average Bonchev–Trinajstić information content (AvgIpc) is 2.58. The number of hydrogen-bond donors (Lipinski definition) is 2. The molecular formula is C19H29N3O3. The summed E-state index contributed by atoms with van der Waals surface area (Å²) in [5.41, 5.74) is 6.59. The molecule has 0 spiro atoms. The van der Waals surface area contributed by atoms with Crippen molar-refractivity contribution in [3.8, 4) is 0 Å². The number of rotatable bonds is 6. The molecule has 1 fully saturated rings. The molecule has 1 aliphatic heterocycles. The Hall–Kier alpha value is -2.08. The van der Waals surface area contributed by atoms with Crippen molar-refractivity contribution in [2.75, 3.05) is 19.6 Å². The van der Waals surface area contributed by atoms with Gasteiger partial charge in [-0.05, 0) is 30.7 Å². The first-order chi connectivity index (χ1) is 11.9. The van der Waals surface area contributed by atoms with Crippen LogP contribution in [-0.2, 0) is 16.0 Å². The summed E-state index contributed by atoms with van der Waals surface area (Å²) in [5.74, 6) is 0.257. The van der Waals surface area contributed by atoms with Crippen molar-refractivity contribution in [2.24, 2.45) is 17.6 Å². The van der Waals surface area contributed by atoms with Crippen molar-refractivity contribution >= 4 is 11.9 Å². The third-order valence-corrected chi connectivity index (χ3v) is 4.66. The molecule has 1 aliphatic rings. The molecule has 25 heavy (non-hydrogen) atoms. The van der Waals surface area contributed by atoms with E-state index in [1.54, 1.807) is 4.90 Å². The lowest BCUT2D eigenvalue weighted by molar-refractivity contribution is -0.139. The van der Waals surface area contributed by atoms with Gasteiger partial charge in [0.25, 0.3) is 0 Å². The molecule has 3 amide bonds. The SMILES string of the molecule is CC(C)[C@@H](CNC(=O)N1C[C@@H](C)O[C@@H](C(N)=O)C1)Cc1ccccc1. The van der Waals surface area contributed by atoms with Crippen LogP contribution in [0, 0.1) is 11.8 Å². The molecular weight excluding hydrogens is 318 g/mol. The minimum absolute atomic E-state index is 0.167. The second-order valence-corrected chi connectivity index (χ2v) is 7.12. The summed E-state index contributed by atoms with van der Waals surface area (Å²) in [7, 11) is 0. The van der Waals surface area contributed by atoms with Crippen LogP contribution in [0.15, 0.2) is 30.3 Å². The van der Waals surface area contributed by atoms with Crippen LogP contribution in [0.1, 0.15) is 26.3 Å². The van der Waals surface area contributed by atoms with Gasteiger partial charge in [-0.25, -0.2) is 4.79 Å². The van der Waals surface area contributed by atoms with Gasteiger partial charge in [0.15, 0.2) is 6.10 Å². The summed E-state index contributed by atoms with van der Waals surface area (Å²) in [6.07, 6.45) is -0.0238. The zero-order chi connectivity index (χ0) is 18.4. The fourth-order valence-corrected chi connectivity index (χ4v) is 3.07. The van der Waals surface area contributed by atoms with Crippen LogP contribution in [0.5, 0.6) is 0 Å². The largest absolute Gasteiger partial charge is 0.367 e. The summed E-state index contributed by atoms with van der Waals surface area (Å²) in [6, 6.07) is 10.1. The first-order valence-corrected chi connectivity index (χ1v) is 8.88. The number of benzene rings is 1. The summed E-state index contributed by atoms with van der Waals surface area (Å²) >= 11 is 0. The van der Waals surface area contributed by atoms with Gasteiger partial charge in [0.2, 0.25) is 5.91 Å². The molecule has 0 radical (unpaired) electrons. The highest BCUT2D eigenvalue weighted by Gasteiger charge is 2.31. The lowest BCUT2D eigenvalue weighted by Crippen LogP contribution is -2.56. The smallest absolute Gasteiger partial charge is 0.317 e. The Morgan fingerprint density at radius 2 is 1.96 bits per heavy atom. The standard InChI is InChI=1S/C19H29N3O3/c1-13(2)16(9-15-7-5-4-6-8-15)10-21-19(24)22-11-14(3)25-17(12-22)18(20)23/h4-8,13-14,16-17H,9-12H2,1-3H3,(H2,20,23)(H,21,24)/t14-,16-,17-/m1/s1. The van der Waals surface area contributed by atoms with Gasteiger partial charge < -0.3 is 20.7 Å². The van der Waals surface area contributed by atoms with Gasteiger partial charge in [0.05, 0.1) is 12.6 Å². The number of amides is 3. The second-order valence-electron chi connectivity index (χ2n) is 7.12. The highest BCUT2D eigenvalue weighted by Crippen LogP contribution is 2.17. The number of carbonyl (C=O) groups excluding carboxylic acids is 2. The van der Waals surface area contributed by atoms with Crippen LogP contribution < -0.4 is 11.1 Å². The predicted octanol–water partition coefficient (Wildman–Crippen LogP) is 1.79. The summed E-state index contributed by atoms with van der Waals surface area (Å²) in [6.45, 7) is 7.43. The quantitative estimate of drug-likeness (QED) is 0.823. The van der Waals surface area contributed by atoms with Crippen molar-refractivity contribution in [3.05, 3.63) is 35.9 Å². The molecule has 0 bridgehead atoms. The lowest BCUT2D eigenvalue weighted by atomic mass is 9.89. The number of nitrogens with two attached hydrogens (primary N) is 1. The van der Waals surface area contributed by atoms with Gasteiger partial charge in [-0.3, -0.25) is 4.79 Å². The number of carbonyl (C=O) groups is 2. The minimum atomic E-state index is -0.736. The van der Waals surface area contributed by atoms with Crippen molar-refractivity contribution in [2.45, 2.75) is 39.4 Å². The second kappa shape index (κ2) is 8.85. The fourth-order valence-electron chi connectivity index (χ4n) is 3.07. The number of morpholine rings is 1. The van der Waals surface area contributed by atoms with Crippen LogP contribution in [-0.4, -0.2) is 48.7 Å². The molecule has 6 nitrogen and oxygen atoms in total. The van der Waals surface area contributed by atoms with Gasteiger partial charge >= 0.3 is 6.03 Å². The first-order valence-electron chi connectivity index (χ1n) is 8.88. The van der Waals surface area contributed by atoms with Crippen LogP contribution in [0.25, 0.3) is 0 Å². The van der Waals surface area contributed by atoms with Crippen molar-refractivity contribution in [1.29, 1.82) is 0 Å². The first kappa shape index (κ1) is 19.2. The average molecular weight is 347 g/mol. The van der Waals surface area contributed by atoms with Gasteiger partial charge in [-0.2, -0.15) is 0 Å². The summed E-state index contributed by atoms with van der Waals surface area (Å²) in [5, 5.41) is 3.01. The monoisotopic (exact) mass is 347 g/mol. The van der Waals surface area contributed by atoms with Crippen LogP contribution >= 0.6 is 0 Å². The summed E-state index contributed by atoms with van der Waals surface area (Å²) < 4.78 is 5.47. The third kappa shape index (κ3) is 5.74.